The first kappa shape index (κ1) is 19.8. The van der Waals surface area contributed by atoms with Crippen molar-refractivity contribution in [3.63, 3.8) is 0 Å². The minimum Gasteiger partial charge on any atom is -0.367 e. The molecule has 2 aliphatic rings. The van der Waals surface area contributed by atoms with E-state index in [0.29, 0.717) is 10.9 Å². The van der Waals surface area contributed by atoms with Crippen LogP contribution < -0.4 is 10.2 Å². The van der Waals surface area contributed by atoms with E-state index < -0.39 is 0 Å². The maximum absolute atomic E-state index is 12.3. The summed E-state index contributed by atoms with van der Waals surface area (Å²) < 4.78 is 0. The third-order valence-corrected chi connectivity index (χ3v) is 6.35. The van der Waals surface area contributed by atoms with E-state index in [1.54, 1.807) is 0 Å². The van der Waals surface area contributed by atoms with E-state index in [0.717, 1.165) is 36.7 Å². The minimum atomic E-state index is -0.0462. The van der Waals surface area contributed by atoms with Gasteiger partial charge in [-0.1, -0.05) is 55.3 Å². The second-order valence-electron chi connectivity index (χ2n) is 7.53. The van der Waals surface area contributed by atoms with Crippen LogP contribution >= 0.6 is 11.8 Å². The van der Waals surface area contributed by atoms with E-state index >= 15 is 0 Å². The van der Waals surface area contributed by atoms with Gasteiger partial charge in [0.25, 0.3) is 5.91 Å². The predicted molar refractivity (Wildman–Crippen MR) is 123 cm³/mol. The predicted octanol–water partition coefficient (Wildman–Crippen LogP) is 5.22. The number of carbonyl (C=O) groups excluding carboxylic acids is 1. The van der Waals surface area contributed by atoms with E-state index in [-0.39, 0.29) is 5.91 Å². The van der Waals surface area contributed by atoms with Crippen LogP contribution in [-0.2, 0) is 11.3 Å². The topological polar surface area (TPSA) is 44.7 Å². The lowest BCUT2D eigenvalue weighted by atomic mass is 10.1. The molecule has 29 heavy (non-hydrogen) atoms. The van der Waals surface area contributed by atoms with Gasteiger partial charge in [-0.05, 0) is 60.9 Å². The molecule has 1 amide bonds. The molecule has 150 valence electrons. The van der Waals surface area contributed by atoms with Crippen molar-refractivity contribution in [2.75, 3.05) is 11.4 Å². The summed E-state index contributed by atoms with van der Waals surface area (Å²) in [5.74, 6) is -0.0462. The number of nitrogens with one attached hydrogen (secondary N) is 1. The summed E-state index contributed by atoms with van der Waals surface area (Å²) in [6.07, 6.45) is 6.71. The maximum atomic E-state index is 12.3. The van der Waals surface area contributed by atoms with Gasteiger partial charge in [-0.2, -0.15) is 0 Å². The van der Waals surface area contributed by atoms with Gasteiger partial charge in [0.05, 0.1) is 10.9 Å². The molecule has 1 N–H and O–H groups in total. The number of thioether (sulfide) groups is 1. The van der Waals surface area contributed by atoms with Crippen molar-refractivity contribution in [2.45, 2.75) is 45.2 Å². The lowest BCUT2D eigenvalue weighted by molar-refractivity contribution is -0.115. The molecule has 1 saturated carbocycles. The highest BCUT2D eigenvalue weighted by molar-refractivity contribution is 8.18. The van der Waals surface area contributed by atoms with Crippen molar-refractivity contribution < 1.29 is 4.79 Å². The molecule has 1 aliphatic carbocycles. The Hall–Kier alpha value is -2.53. The van der Waals surface area contributed by atoms with Crippen molar-refractivity contribution in [1.82, 2.24) is 5.32 Å². The first-order valence-corrected chi connectivity index (χ1v) is 11.2. The SMILES string of the molecule is CCN(Cc1ccccc1)c1ccc(/C=C2\SC(=NC3CCCC3)NC2=O)cc1. The molecule has 1 saturated heterocycles. The quantitative estimate of drug-likeness (QED) is 0.671. The van der Waals surface area contributed by atoms with E-state index in [1.807, 2.05) is 12.1 Å². The maximum Gasteiger partial charge on any atom is 0.264 e. The number of anilines is 1. The fourth-order valence-corrected chi connectivity index (χ4v) is 4.70. The lowest BCUT2D eigenvalue weighted by Gasteiger charge is -2.23. The minimum absolute atomic E-state index is 0.0462. The Morgan fingerprint density at radius 3 is 2.52 bits per heavy atom. The van der Waals surface area contributed by atoms with Gasteiger partial charge >= 0.3 is 0 Å². The molecule has 2 aromatic rings. The van der Waals surface area contributed by atoms with Crippen molar-refractivity contribution in [3.05, 3.63) is 70.6 Å². The number of amides is 1. The van der Waals surface area contributed by atoms with Crippen LogP contribution in [-0.4, -0.2) is 23.7 Å². The van der Waals surface area contributed by atoms with Crippen LogP contribution in [0.3, 0.4) is 0 Å². The Kier molecular flexibility index (Phi) is 6.35. The van der Waals surface area contributed by atoms with Crippen molar-refractivity contribution >= 4 is 34.6 Å². The molecule has 0 aromatic heterocycles. The third kappa shape index (κ3) is 5.10. The number of amidine groups is 1. The van der Waals surface area contributed by atoms with Crippen LogP contribution in [0.1, 0.15) is 43.7 Å². The molecule has 0 unspecified atom stereocenters. The summed E-state index contributed by atoms with van der Waals surface area (Å²) >= 11 is 1.46. The van der Waals surface area contributed by atoms with E-state index in [4.69, 9.17) is 4.99 Å². The fourth-order valence-electron chi connectivity index (χ4n) is 3.81. The first-order chi connectivity index (χ1) is 14.2. The highest BCUT2D eigenvalue weighted by atomic mass is 32.2. The molecule has 0 radical (unpaired) electrons. The van der Waals surface area contributed by atoms with Gasteiger partial charge in [0.15, 0.2) is 5.17 Å². The van der Waals surface area contributed by atoms with Crippen LogP contribution in [0.2, 0.25) is 0 Å². The molecule has 2 aromatic carbocycles. The molecular formula is C24H27N3OS. The highest BCUT2D eigenvalue weighted by Gasteiger charge is 2.25. The standard InChI is InChI=1S/C24H27N3OS/c1-2-27(17-19-8-4-3-5-9-19)21-14-12-18(13-15-21)16-22-23(28)26-24(29-22)25-20-10-6-7-11-20/h3-5,8-9,12-16,20H,2,6-7,10-11,17H2,1H3,(H,25,26,28)/b22-16-. The summed E-state index contributed by atoms with van der Waals surface area (Å²) in [6, 6.07) is 19.3. The average molecular weight is 406 g/mol. The molecule has 4 nitrogen and oxygen atoms in total. The van der Waals surface area contributed by atoms with Gasteiger partial charge < -0.3 is 10.2 Å². The zero-order valence-corrected chi connectivity index (χ0v) is 17.6. The van der Waals surface area contributed by atoms with Gasteiger partial charge in [0.2, 0.25) is 0 Å². The number of benzene rings is 2. The summed E-state index contributed by atoms with van der Waals surface area (Å²) in [4.78, 5) is 20.1. The lowest BCUT2D eigenvalue weighted by Crippen LogP contribution is -2.21. The molecule has 5 heteroatoms. The average Bonchev–Trinajstić information content (AvgIpc) is 3.37. The molecule has 0 bridgehead atoms. The van der Waals surface area contributed by atoms with E-state index in [1.165, 1.54) is 35.9 Å². The molecule has 1 aliphatic heterocycles. The second-order valence-corrected chi connectivity index (χ2v) is 8.56. The summed E-state index contributed by atoms with van der Waals surface area (Å²) in [7, 11) is 0. The van der Waals surface area contributed by atoms with Crippen molar-refractivity contribution in [2.24, 2.45) is 4.99 Å². The Balaban J connectivity index is 1.44. The number of hydrogen-bond acceptors (Lipinski definition) is 4. The zero-order chi connectivity index (χ0) is 20.1. The fraction of sp³-hybridized carbons (Fsp3) is 0.333. The Bertz CT molecular complexity index is 899. The van der Waals surface area contributed by atoms with Crippen LogP contribution in [0.5, 0.6) is 0 Å². The number of nitrogens with zero attached hydrogens (tertiary/aromatic N) is 2. The number of hydrogen-bond donors (Lipinski definition) is 1. The molecule has 1 heterocycles. The summed E-state index contributed by atoms with van der Waals surface area (Å²) in [5.41, 5.74) is 3.52. The first-order valence-electron chi connectivity index (χ1n) is 10.4. The largest absolute Gasteiger partial charge is 0.367 e. The Morgan fingerprint density at radius 2 is 1.83 bits per heavy atom. The second kappa shape index (κ2) is 9.31. The van der Waals surface area contributed by atoms with E-state index in [9.17, 15) is 4.79 Å². The summed E-state index contributed by atoms with van der Waals surface area (Å²) in [5, 5.41) is 3.67. The normalized spacial score (nSPS) is 19.8. The monoisotopic (exact) mass is 405 g/mol. The van der Waals surface area contributed by atoms with Crippen LogP contribution in [0, 0.1) is 0 Å². The van der Waals surface area contributed by atoms with Gasteiger partial charge in [-0.3, -0.25) is 9.79 Å². The molecular weight excluding hydrogens is 378 g/mol. The molecule has 4 rings (SSSR count). The van der Waals surface area contributed by atoms with Crippen LogP contribution in [0.15, 0.2) is 64.5 Å². The van der Waals surface area contributed by atoms with Gasteiger partial charge in [-0.25, -0.2) is 0 Å². The van der Waals surface area contributed by atoms with Crippen LogP contribution in [0.25, 0.3) is 6.08 Å². The smallest absolute Gasteiger partial charge is 0.264 e. The molecule has 0 atom stereocenters. The Labute approximate surface area is 177 Å². The number of carbonyl (C=O) groups is 1. The molecule has 0 spiro atoms. The van der Waals surface area contributed by atoms with E-state index in [2.05, 4.69) is 65.7 Å². The van der Waals surface area contributed by atoms with Gasteiger partial charge in [-0.15, -0.1) is 0 Å². The van der Waals surface area contributed by atoms with Crippen molar-refractivity contribution in [1.29, 1.82) is 0 Å². The highest BCUT2D eigenvalue weighted by Crippen LogP contribution is 2.29. The van der Waals surface area contributed by atoms with Crippen LogP contribution in [0.4, 0.5) is 5.69 Å². The zero-order valence-electron chi connectivity index (χ0n) is 16.8. The number of rotatable bonds is 6. The van der Waals surface area contributed by atoms with Gasteiger partial charge in [0, 0.05) is 18.8 Å². The third-order valence-electron chi connectivity index (χ3n) is 5.43. The Morgan fingerprint density at radius 1 is 1.10 bits per heavy atom. The van der Waals surface area contributed by atoms with Crippen molar-refractivity contribution in [3.8, 4) is 0 Å². The number of aliphatic imine (C=N–C) groups is 1. The molecule has 2 fully saturated rings. The summed E-state index contributed by atoms with van der Waals surface area (Å²) in [6.45, 7) is 4.00. The van der Waals surface area contributed by atoms with Gasteiger partial charge in [0.1, 0.15) is 0 Å².